The van der Waals surface area contributed by atoms with Crippen molar-refractivity contribution in [3.8, 4) is 0 Å². The molecule has 0 spiro atoms. The van der Waals surface area contributed by atoms with E-state index in [1.165, 1.54) is 61.6 Å². The molecule has 0 radical (unpaired) electrons. The van der Waals surface area contributed by atoms with Crippen molar-refractivity contribution in [3.63, 3.8) is 0 Å². The predicted molar refractivity (Wildman–Crippen MR) is 156 cm³/mol. The van der Waals surface area contributed by atoms with E-state index < -0.39 is 0 Å². The molecule has 2 atom stereocenters. The van der Waals surface area contributed by atoms with Crippen LogP contribution in [0.3, 0.4) is 0 Å². The number of carbonyl (C=O) groups excluding carboxylic acids is 1. The molecule has 4 rings (SSSR count). The highest BCUT2D eigenvalue weighted by Crippen LogP contribution is 2.45. The first kappa shape index (κ1) is 28.4. The highest BCUT2D eigenvalue weighted by atomic mass is 16.1. The molecular weight excluding hydrogens is 436 g/mol. The Hall–Kier alpha value is -2.15. The second-order valence-electron chi connectivity index (χ2n) is 11.1. The Morgan fingerprint density at radius 3 is 2.28 bits per heavy atom. The topological polar surface area (TPSA) is 17.1 Å². The van der Waals surface area contributed by atoms with Gasteiger partial charge in [0.15, 0.2) is 0 Å². The second kappa shape index (κ2) is 14.0. The fourth-order valence-corrected chi connectivity index (χ4v) is 6.81. The number of rotatable bonds is 11. The van der Waals surface area contributed by atoms with E-state index in [9.17, 15) is 4.79 Å². The summed E-state index contributed by atoms with van der Waals surface area (Å²) in [5, 5.41) is 0. The van der Waals surface area contributed by atoms with Crippen molar-refractivity contribution in [3.05, 3.63) is 77.4 Å². The van der Waals surface area contributed by atoms with Crippen LogP contribution in [0.2, 0.25) is 0 Å². The Morgan fingerprint density at radius 2 is 1.61 bits per heavy atom. The lowest BCUT2D eigenvalue weighted by atomic mass is 9.64. The molecule has 2 unspecified atom stereocenters. The quantitative estimate of drug-likeness (QED) is 0.309. The largest absolute Gasteiger partial charge is 0.300 e. The van der Waals surface area contributed by atoms with E-state index in [0.717, 1.165) is 25.7 Å². The van der Waals surface area contributed by atoms with Crippen molar-refractivity contribution >= 4 is 11.4 Å². The molecular formula is C35H50O. The summed E-state index contributed by atoms with van der Waals surface area (Å²) in [5.74, 6) is 2.20. The van der Waals surface area contributed by atoms with Gasteiger partial charge < -0.3 is 0 Å². The lowest BCUT2D eigenvalue weighted by Gasteiger charge is -2.40. The van der Waals surface area contributed by atoms with Crippen molar-refractivity contribution in [2.75, 3.05) is 0 Å². The molecule has 0 aromatic heterocycles. The maximum Gasteiger partial charge on any atom is 0.133 e. The van der Waals surface area contributed by atoms with E-state index >= 15 is 0 Å². The maximum absolute atomic E-state index is 12.9. The minimum atomic E-state index is 0.330. The van der Waals surface area contributed by atoms with Gasteiger partial charge in [-0.05, 0) is 90.9 Å². The Labute approximate surface area is 221 Å². The summed E-state index contributed by atoms with van der Waals surface area (Å²) in [6.45, 7) is 10.9. The van der Waals surface area contributed by atoms with Crippen LogP contribution in [0.4, 0.5) is 0 Å². The van der Waals surface area contributed by atoms with Gasteiger partial charge in [-0.25, -0.2) is 0 Å². The molecule has 2 aliphatic carbocycles. The summed E-state index contributed by atoms with van der Waals surface area (Å²) < 4.78 is 0. The van der Waals surface area contributed by atoms with Gasteiger partial charge in [-0.15, -0.1) is 0 Å². The first-order chi connectivity index (χ1) is 17.6. The molecule has 36 heavy (non-hydrogen) atoms. The number of hydrogen-bond acceptors (Lipinski definition) is 1. The van der Waals surface area contributed by atoms with Gasteiger partial charge in [0.25, 0.3) is 0 Å². The average molecular weight is 487 g/mol. The number of allylic oxidation sites excluding steroid dienone is 2. The zero-order valence-electron chi connectivity index (χ0n) is 23.7. The predicted octanol–water partition coefficient (Wildman–Crippen LogP) is 10.3. The van der Waals surface area contributed by atoms with E-state index in [4.69, 9.17) is 0 Å². The fraction of sp³-hybridized carbons (Fsp3) is 0.571. The third kappa shape index (κ3) is 6.78. The van der Waals surface area contributed by atoms with Crippen molar-refractivity contribution in [1.82, 2.24) is 0 Å². The number of ketones is 1. The van der Waals surface area contributed by atoms with Crippen LogP contribution in [0.15, 0.2) is 60.7 Å². The van der Waals surface area contributed by atoms with E-state index in [1.807, 2.05) is 13.8 Å². The molecule has 1 saturated carbocycles. The lowest BCUT2D eigenvalue weighted by Crippen LogP contribution is -2.31. The molecule has 1 fully saturated rings. The second-order valence-corrected chi connectivity index (χ2v) is 11.1. The first-order valence-electron chi connectivity index (χ1n) is 14.9. The Kier molecular flexibility index (Phi) is 11.0. The molecule has 1 nitrogen and oxygen atoms in total. The molecule has 0 heterocycles. The highest BCUT2D eigenvalue weighted by molar-refractivity contribution is 5.79. The lowest BCUT2D eigenvalue weighted by molar-refractivity contribution is -0.120. The van der Waals surface area contributed by atoms with E-state index in [0.29, 0.717) is 29.0 Å². The SMILES string of the molecule is CC.CCCC(CCCC(=O)CC1CCC(CC)(c2ccccc2)CC1)C1=CC(C)c2ccccc21. The summed E-state index contributed by atoms with van der Waals surface area (Å²) in [5.41, 5.74) is 6.31. The van der Waals surface area contributed by atoms with Gasteiger partial charge in [0, 0.05) is 18.8 Å². The maximum atomic E-state index is 12.9. The van der Waals surface area contributed by atoms with Gasteiger partial charge in [-0.1, -0.05) is 102 Å². The van der Waals surface area contributed by atoms with Gasteiger partial charge in [0.1, 0.15) is 5.78 Å². The molecule has 2 aromatic rings. The van der Waals surface area contributed by atoms with Gasteiger partial charge in [-0.3, -0.25) is 4.79 Å². The van der Waals surface area contributed by atoms with Crippen LogP contribution < -0.4 is 0 Å². The molecule has 2 aromatic carbocycles. The molecule has 2 aliphatic rings. The van der Waals surface area contributed by atoms with Crippen LogP contribution in [0.5, 0.6) is 0 Å². The molecule has 0 saturated heterocycles. The molecule has 0 amide bonds. The summed E-state index contributed by atoms with van der Waals surface area (Å²) >= 11 is 0. The van der Waals surface area contributed by atoms with Gasteiger partial charge in [0.05, 0.1) is 0 Å². The Balaban J connectivity index is 0.00000176. The van der Waals surface area contributed by atoms with Crippen molar-refractivity contribution < 1.29 is 4.79 Å². The first-order valence-corrected chi connectivity index (χ1v) is 14.9. The third-order valence-corrected chi connectivity index (χ3v) is 8.92. The normalized spacial score (nSPS) is 23.8. The van der Waals surface area contributed by atoms with Crippen molar-refractivity contribution in [2.45, 2.75) is 117 Å². The Bertz CT molecular complexity index is 961. The van der Waals surface area contributed by atoms with Gasteiger partial charge in [-0.2, -0.15) is 0 Å². The molecule has 0 aliphatic heterocycles. The number of hydrogen-bond donors (Lipinski definition) is 0. The summed E-state index contributed by atoms with van der Waals surface area (Å²) in [6.07, 6.45) is 14.7. The number of fused-ring (bicyclic) bond motifs is 1. The molecule has 1 heteroatoms. The van der Waals surface area contributed by atoms with Crippen LogP contribution in [-0.4, -0.2) is 5.78 Å². The molecule has 0 bridgehead atoms. The van der Waals surface area contributed by atoms with Crippen LogP contribution in [-0.2, 0) is 10.2 Å². The fourth-order valence-electron chi connectivity index (χ4n) is 6.81. The van der Waals surface area contributed by atoms with Crippen LogP contribution in [0.1, 0.15) is 128 Å². The summed E-state index contributed by atoms with van der Waals surface area (Å²) in [4.78, 5) is 12.9. The summed E-state index contributed by atoms with van der Waals surface area (Å²) in [6, 6.07) is 20.0. The minimum absolute atomic E-state index is 0.330. The van der Waals surface area contributed by atoms with Crippen molar-refractivity contribution in [1.29, 1.82) is 0 Å². The zero-order chi connectivity index (χ0) is 26.0. The van der Waals surface area contributed by atoms with Gasteiger partial charge in [0.2, 0.25) is 0 Å². The van der Waals surface area contributed by atoms with Crippen LogP contribution >= 0.6 is 0 Å². The van der Waals surface area contributed by atoms with Crippen LogP contribution in [0, 0.1) is 11.8 Å². The van der Waals surface area contributed by atoms with E-state index in [2.05, 4.69) is 81.4 Å². The highest BCUT2D eigenvalue weighted by Gasteiger charge is 2.35. The zero-order valence-corrected chi connectivity index (χ0v) is 23.7. The van der Waals surface area contributed by atoms with Gasteiger partial charge >= 0.3 is 0 Å². The monoisotopic (exact) mass is 486 g/mol. The smallest absolute Gasteiger partial charge is 0.133 e. The number of benzene rings is 2. The van der Waals surface area contributed by atoms with Crippen LogP contribution in [0.25, 0.3) is 5.57 Å². The number of carbonyl (C=O) groups is 1. The molecule has 0 N–H and O–H groups in total. The summed E-state index contributed by atoms with van der Waals surface area (Å²) in [7, 11) is 0. The molecule has 196 valence electrons. The van der Waals surface area contributed by atoms with E-state index in [-0.39, 0.29) is 0 Å². The van der Waals surface area contributed by atoms with E-state index in [1.54, 1.807) is 5.57 Å². The minimum Gasteiger partial charge on any atom is -0.300 e. The Morgan fingerprint density at radius 1 is 0.944 bits per heavy atom. The average Bonchev–Trinajstić information content (AvgIpc) is 3.27. The standard InChI is InChI=1S/C33H44O.C2H6/c1-4-12-27(32-23-25(3)30-17-9-10-18-31(30)32)13-11-16-29(34)24-26-19-21-33(5-2,22-20-26)28-14-7-6-8-15-28;1-2/h6-10,14-15,17-18,23,25-27H,4-5,11-13,16,19-22,24H2,1-3H3;1-2H3. The van der Waals surface area contributed by atoms with Crippen molar-refractivity contribution in [2.24, 2.45) is 11.8 Å². The third-order valence-electron chi connectivity index (χ3n) is 8.92. The number of Topliss-reactive ketones (excluding diaryl/α,β-unsaturated/α-hetero) is 1.